The van der Waals surface area contributed by atoms with E-state index in [1.165, 1.54) is 17.0 Å². The highest BCUT2D eigenvalue weighted by molar-refractivity contribution is 5.71. The SMILES string of the molecule is C[C@@H]1CN(CC(F)(F)c2ccccc2)C[C@H]1C(=O)O. The van der Waals surface area contributed by atoms with Crippen LogP contribution in [0.4, 0.5) is 8.78 Å². The van der Waals surface area contributed by atoms with Gasteiger partial charge in [-0.3, -0.25) is 9.69 Å². The predicted molar refractivity (Wildman–Crippen MR) is 67.1 cm³/mol. The summed E-state index contributed by atoms with van der Waals surface area (Å²) >= 11 is 0. The van der Waals surface area contributed by atoms with Gasteiger partial charge in [-0.1, -0.05) is 37.3 Å². The minimum atomic E-state index is -2.95. The maximum Gasteiger partial charge on any atom is 0.308 e. The summed E-state index contributed by atoms with van der Waals surface area (Å²) in [6.45, 7) is 1.96. The van der Waals surface area contributed by atoms with E-state index in [-0.39, 0.29) is 18.0 Å². The van der Waals surface area contributed by atoms with Crippen LogP contribution in [0, 0.1) is 11.8 Å². The Balaban J connectivity index is 2.04. The molecular formula is C14H17F2NO2. The summed E-state index contributed by atoms with van der Waals surface area (Å²) in [5.74, 6) is -4.50. The van der Waals surface area contributed by atoms with Crippen LogP contribution in [0.2, 0.25) is 0 Å². The third kappa shape index (κ3) is 3.10. The van der Waals surface area contributed by atoms with Crippen molar-refractivity contribution in [2.45, 2.75) is 12.8 Å². The summed E-state index contributed by atoms with van der Waals surface area (Å²) in [6, 6.07) is 7.64. The van der Waals surface area contributed by atoms with Gasteiger partial charge in [0.2, 0.25) is 0 Å². The number of halogens is 2. The van der Waals surface area contributed by atoms with Crippen LogP contribution < -0.4 is 0 Å². The summed E-state index contributed by atoms with van der Waals surface area (Å²) in [5.41, 5.74) is -0.0265. The number of aliphatic carboxylic acids is 1. The molecule has 1 fully saturated rings. The van der Waals surface area contributed by atoms with Crippen LogP contribution in [-0.4, -0.2) is 35.6 Å². The highest BCUT2D eigenvalue weighted by Crippen LogP contribution is 2.32. The van der Waals surface area contributed by atoms with Crippen molar-refractivity contribution in [3.63, 3.8) is 0 Å². The Labute approximate surface area is 110 Å². The molecule has 104 valence electrons. The lowest BCUT2D eigenvalue weighted by molar-refractivity contribution is -0.142. The molecule has 0 radical (unpaired) electrons. The number of carbonyl (C=O) groups is 1. The molecule has 1 aliphatic heterocycles. The normalized spacial score (nSPS) is 24.6. The van der Waals surface area contributed by atoms with Crippen LogP contribution in [0.1, 0.15) is 12.5 Å². The molecule has 0 aromatic heterocycles. The van der Waals surface area contributed by atoms with Crippen molar-refractivity contribution in [1.82, 2.24) is 4.90 Å². The van der Waals surface area contributed by atoms with Gasteiger partial charge in [0.15, 0.2) is 0 Å². The molecule has 1 saturated heterocycles. The zero-order valence-corrected chi connectivity index (χ0v) is 10.7. The first kappa shape index (κ1) is 13.9. The van der Waals surface area contributed by atoms with Gasteiger partial charge in [-0.2, -0.15) is 8.78 Å². The molecule has 2 atom stereocenters. The number of hydrogen-bond donors (Lipinski definition) is 1. The Kier molecular flexibility index (Phi) is 3.85. The minimum Gasteiger partial charge on any atom is -0.481 e. The number of nitrogens with zero attached hydrogens (tertiary/aromatic N) is 1. The molecule has 1 heterocycles. The summed E-state index contributed by atoms with van der Waals surface area (Å²) < 4.78 is 28.1. The topological polar surface area (TPSA) is 40.5 Å². The minimum absolute atomic E-state index is 0.0265. The molecule has 0 bridgehead atoms. The van der Waals surface area contributed by atoms with Gasteiger partial charge in [0.05, 0.1) is 12.5 Å². The van der Waals surface area contributed by atoms with Crippen molar-refractivity contribution in [2.75, 3.05) is 19.6 Å². The third-order valence-corrected chi connectivity index (χ3v) is 3.62. The summed E-state index contributed by atoms with van der Waals surface area (Å²) in [6.07, 6.45) is 0. The maximum atomic E-state index is 14.1. The van der Waals surface area contributed by atoms with Crippen LogP contribution in [-0.2, 0) is 10.7 Å². The first-order valence-corrected chi connectivity index (χ1v) is 6.28. The van der Waals surface area contributed by atoms with Gasteiger partial charge in [-0.05, 0) is 5.92 Å². The average Bonchev–Trinajstić information content (AvgIpc) is 2.71. The maximum absolute atomic E-state index is 14.1. The first-order valence-electron chi connectivity index (χ1n) is 6.28. The van der Waals surface area contributed by atoms with Gasteiger partial charge < -0.3 is 5.11 Å². The zero-order valence-electron chi connectivity index (χ0n) is 10.7. The molecule has 1 aromatic carbocycles. The third-order valence-electron chi connectivity index (χ3n) is 3.62. The molecule has 0 saturated carbocycles. The Hall–Kier alpha value is -1.49. The Morgan fingerprint density at radius 2 is 2.00 bits per heavy atom. The van der Waals surface area contributed by atoms with Gasteiger partial charge in [0.25, 0.3) is 5.92 Å². The van der Waals surface area contributed by atoms with Crippen molar-refractivity contribution in [3.8, 4) is 0 Å². The van der Waals surface area contributed by atoms with Crippen molar-refractivity contribution in [3.05, 3.63) is 35.9 Å². The number of carboxylic acids is 1. The number of alkyl halides is 2. The second-order valence-corrected chi connectivity index (χ2v) is 5.19. The molecule has 1 N–H and O–H groups in total. The molecule has 0 unspecified atom stereocenters. The average molecular weight is 269 g/mol. The van der Waals surface area contributed by atoms with Gasteiger partial charge in [0.1, 0.15) is 0 Å². The standard InChI is InChI=1S/C14H17F2NO2/c1-10-7-17(8-12(10)13(18)19)9-14(15,16)11-5-3-2-4-6-11/h2-6,10,12H,7-9H2,1H3,(H,18,19)/t10-,12-/m1/s1. The van der Waals surface area contributed by atoms with Crippen LogP contribution in [0.5, 0.6) is 0 Å². The van der Waals surface area contributed by atoms with Crippen molar-refractivity contribution >= 4 is 5.97 Å². The van der Waals surface area contributed by atoms with E-state index >= 15 is 0 Å². The van der Waals surface area contributed by atoms with E-state index < -0.39 is 24.4 Å². The molecule has 2 rings (SSSR count). The van der Waals surface area contributed by atoms with E-state index in [1.807, 2.05) is 0 Å². The molecule has 0 amide bonds. The fourth-order valence-electron chi connectivity index (χ4n) is 2.57. The predicted octanol–water partition coefficient (Wildman–Crippen LogP) is 2.43. The second kappa shape index (κ2) is 5.25. The fourth-order valence-corrected chi connectivity index (χ4v) is 2.57. The lowest BCUT2D eigenvalue weighted by atomic mass is 9.99. The van der Waals surface area contributed by atoms with Crippen LogP contribution in [0.3, 0.4) is 0 Å². The second-order valence-electron chi connectivity index (χ2n) is 5.19. The van der Waals surface area contributed by atoms with E-state index in [1.54, 1.807) is 25.1 Å². The van der Waals surface area contributed by atoms with Gasteiger partial charge in [-0.15, -0.1) is 0 Å². The number of benzene rings is 1. The summed E-state index contributed by atoms with van der Waals surface area (Å²) in [5, 5.41) is 9.00. The summed E-state index contributed by atoms with van der Waals surface area (Å²) in [4.78, 5) is 12.5. The van der Waals surface area contributed by atoms with Gasteiger partial charge in [-0.25, -0.2) is 0 Å². The number of carboxylic acid groups (broad SMARTS) is 1. The van der Waals surface area contributed by atoms with Crippen molar-refractivity contribution in [1.29, 1.82) is 0 Å². The molecule has 3 nitrogen and oxygen atoms in total. The number of hydrogen-bond acceptors (Lipinski definition) is 2. The number of likely N-dealkylation sites (tertiary alicyclic amines) is 1. The lowest BCUT2D eigenvalue weighted by Crippen LogP contribution is -2.34. The van der Waals surface area contributed by atoms with E-state index in [0.717, 1.165) is 0 Å². The fraction of sp³-hybridized carbons (Fsp3) is 0.500. The lowest BCUT2D eigenvalue weighted by Gasteiger charge is -2.23. The molecule has 0 spiro atoms. The van der Waals surface area contributed by atoms with Crippen molar-refractivity contribution in [2.24, 2.45) is 11.8 Å². The van der Waals surface area contributed by atoms with E-state index in [2.05, 4.69) is 0 Å². The monoisotopic (exact) mass is 269 g/mol. The van der Waals surface area contributed by atoms with E-state index in [9.17, 15) is 13.6 Å². The van der Waals surface area contributed by atoms with Crippen LogP contribution in [0.15, 0.2) is 30.3 Å². The smallest absolute Gasteiger partial charge is 0.308 e. The highest BCUT2D eigenvalue weighted by Gasteiger charge is 2.40. The number of rotatable bonds is 4. The van der Waals surface area contributed by atoms with Gasteiger partial charge in [0, 0.05) is 18.7 Å². The Morgan fingerprint density at radius 3 is 2.53 bits per heavy atom. The van der Waals surface area contributed by atoms with E-state index in [0.29, 0.717) is 6.54 Å². The molecule has 1 aliphatic rings. The molecule has 0 aliphatic carbocycles. The molecular weight excluding hydrogens is 252 g/mol. The zero-order chi connectivity index (χ0) is 14.0. The van der Waals surface area contributed by atoms with Crippen LogP contribution in [0.25, 0.3) is 0 Å². The quantitative estimate of drug-likeness (QED) is 0.912. The first-order chi connectivity index (χ1) is 8.90. The highest BCUT2D eigenvalue weighted by atomic mass is 19.3. The van der Waals surface area contributed by atoms with Gasteiger partial charge >= 0.3 is 5.97 Å². The largest absolute Gasteiger partial charge is 0.481 e. The Bertz CT molecular complexity index is 450. The summed E-state index contributed by atoms with van der Waals surface area (Å²) in [7, 11) is 0. The molecule has 5 heteroatoms. The molecule has 19 heavy (non-hydrogen) atoms. The Morgan fingerprint density at radius 1 is 1.37 bits per heavy atom. The van der Waals surface area contributed by atoms with E-state index in [4.69, 9.17) is 5.11 Å². The molecule has 1 aromatic rings. The van der Waals surface area contributed by atoms with Crippen molar-refractivity contribution < 1.29 is 18.7 Å². The van der Waals surface area contributed by atoms with Crippen LogP contribution >= 0.6 is 0 Å².